The van der Waals surface area contributed by atoms with Crippen molar-refractivity contribution in [2.24, 2.45) is 11.8 Å². The van der Waals surface area contributed by atoms with Crippen molar-refractivity contribution in [2.45, 2.75) is 221 Å². The molecular weight excluding hydrogens is 610 g/mol. The molecule has 6 nitrogen and oxygen atoms in total. The van der Waals surface area contributed by atoms with Crippen LogP contribution in [0.2, 0.25) is 0 Å². The summed E-state index contributed by atoms with van der Waals surface area (Å²) < 4.78 is 11.4. The van der Waals surface area contributed by atoms with E-state index in [4.69, 9.17) is 9.47 Å². The van der Waals surface area contributed by atoms with Crippen LogP contribution in [-0.2, 0) is 19.1 Å². The first-order valence-electron chi connectivity index (χ1n) is 21.6. The van der Waals surface area contributed by atoms with Crippen molar-refractivity contribution < 1.29 is 24.2 Å². The van der Waals surface area contributed by atoms with Gasteiger partial charge in [-0.25, -0.2) is 0 Å². The molecule has 0 saturated heterocycles. The largest absolute Gasteiger partial charge is 0.465 e. The maximum Gasteiger partial charge on any atom is 0.308 e. The summed E-state index contributed by atoms with van der Waals surface area (Å²) in [6.45, 7) is 17.7. The Morgan fingerprint density at radius 3 is 1.27 bits per heavy atom. The Labute approximate surface area is 305 Å². The van der Waals surface area contributed by atoms with Crippen LogP contribution in [0.15, 0.2) is 0 Å². The molecule has 0 rings (SSSR count). The number of carbonyl (C=O) groups is 2. The molecule has 0 bridgehead atoms. The van der Waals surface area contributed by atoms with Gasteiger partial charge in [-0.15, -0.1) is 0 Å². The number of rotatable bonds is 37. The molecule has 1 N–H and O–H groups in total. The third-order valence-electron chi connectivity index (χ3n) is 10.3. The van der Waals surface area contributed by atoms with Crippen LogP contribution in [-0.4, -0.2) is 60.4 Å². The summed E-state index contributed by atoms with van der Waals surface area (Å²) in [4.78, 5) is 27.8. The van der Waals surface area contributed by atoms with Gasteiger partial charge in [-0.1, -0.05) is 131 Å². The number of aliphatic hydroxyl groups is 1. The highest BCUT2D eigenvalue weighted by Gasteiger charge is 2.26. The lowest BCUT2D eigenvalue weighted by molar-refractivity contribution is -0.150. The van der Waals surface area contributed by atoms with E-state index in [1.54, 1.807) is 0 Å². The SMILES string of the molecule is CCCCCC(CCC)C(=O)OCCCCCCC(O)(CCCCCCOC(=O)C(CCC)CCCCC)CCCCN(CCC)CCC. The number of hydrogen-bond acceptors (Lipinski definition) is 6. The zero-order valence-electron chi connectivity index (χ0n) is 33.8. The first-order chi connectivity index (χ1) is 23.8. The summed E-state index contributed by atoms with van der Waals surface area (Å²) >= 11 is 0. The number of nitrogens with zero attached hydrogens (tertiary/aromatic N) is 1. The minimum atomic E-state index is -0.600. The van der Waals surface area contributed by atoms with E-state index in [1.165, 1.54) is 51.6 Å². The van der Waals surface area contributed by atoms with Crippen molar-refractivity contribution >= 4 is 11.9 Å². The summed E-state index contributed by atoms with van der Waals surface area (Å²) in [7, 11) is 0. The lowest BCUT2D eigenvalue weighted by Gasteiger charge is -2.29. The Morgan fingerprint density at radius 2 is 0.878 bits per heavy atom. The van der Waals surface area contributed by atoms with Crippen molar-refractivity contribution in [1.82, 2.24) is 4.90 Å². The van der Waals surface area contributed by atoms with Crippen molar-refractivity contribution in [3.8, 4) is 0 Å². The van der Waals surface area contributed by atoms with Gasteiger partial charge < -0.3 is 19.5 Å². The van der Waals surface area contributed by atoms with Crippen LogP contribution in [0.3, 0.4) is 0 Å². The van der Waals surface area contributed by atoms with Gasteiger partial charge in [-0.05, 0) is 103 Å². The molecule has 49 heavy (non-hydrogen) atoms. The second-order valence-electron chi connectivity index (χ2n) is 15.1. The maximum atomic E-state index is 12.6. The molecule has 0 aromatic heterocycles. The molecule has 0 amide bonds. The monoisotopic (exact) mass is 696 g/mol. The zero-order chi connectivity index (χ0) is 36.4. The Kier molecular flexibility index (Phi) is 33.2. The molecule has 0 aliphatic heterocycles. The lowest BCUT2D eigenvalue weighted by Crippen LogP contribution is -2.30. The first kappa shape index (κ1) is 47.9. The van der Waals surface area contributed by atoms with E-state index in [0.29, 0.717) is 13.2 Å². The third-order valence-corrected chi connectivity index (χ3v) is 10.3. The predicted octanol–water partition coefficient (Wildman–Crippen LogP) is 12.0. The highest BCUT2D eigenvalue weighted by molar-refractivity contribution is 5.72. The number of unbranched alkanes of at least 4 members (excludes halogenated alkanes) is 11. The average molecular weight is 696 g/mol. The number of esters is 2. The number of ether oxygens (including phenoxy) is 2. The van der Waals surface area contributed by atoms with Crippen LogP contribution in [0.1, 0.15) is 215 Å². The first-order valence-corrected chi connectivity index (χ1v) is 21.6. The van der Waals surface area contributed by atoms with Crippen LogP contribution in [0.4, 0.5) is 0 Å². The second-order valence-corrected chi connectivity index (χ2v) is 15.1. The van der Waals surface area contributed by atoms with Crippen LogP contribution in [0.5, 0.6) is 0 Å². The summed E-state index contributed by atoms with van der Waals surface area (Å²) in [6, 6.07) is 0. The van der Waals surface area contributed by atoms with E-state index in [0.717, 1.165) is 141 Å². The Bertz CT molecular complexity index is 692. The molecule has 0 aliphatic rings. The average Bonchev–Trinajstić information content (AvgIpc) is 3.08. The van der Waals surface area contributed by atoms with E-state index < -0.39 is 5.60 Å². The van der Waals surface area contributed by atoms with Gasteiger partial charge in [-0.3, -0.25) is 9.59 Å². The highest BCUT2D eigenvalue weighted by Crippen LogP contribution is 2.29. The van der Waals surface area contributed by atoms with E-state index in [1.807, 2.05) is 0 Å². The molecule has 6 heteroatoms. The van der Waals surface area contributed by atoms with E-state index in [-0.39, 0.29) is 23.8 Å². The summed E-state index contributed by atoms with van der Waals surface area (Å²) in [5.41, 5.74) is -0.600. The van der Waals surface area contributed by atoms with Gasteiger partial charge in [0.25, 0.3) is 0 Å². The van der Waals surface area contributed by atoms with Gasteiger partial charge in [0.05, 0.1) is 30.7 Å². The Hall–Kier alpha value is -1.14. The molecule has 292 valence electrons. The molecule has 2 unspecified atom stereocenters. The van der Waals surface area contributed by atoms with Crippen molar-refractivity contribution in [1.29, 1.82) is 0 Å². The number of hydrogen-bond donors (Lipinski definition) is 1. The highest BCUT2D eigenvalue weighted by atomic mass is 16.5. The minimum Gasteiger partial charge on any atom is -0.465 e. The smallest absolute Gasteiger partial charge is 0.308 e. The van der Waals surface area contributed by atoms with Gasteiger partial charge >= 0.3 is 11.9 Å². The summed E-state index contributed by atoms with van der Waals surface area (Å²) in [5, 5.41) is 11.8. The zero-order valence-corrected chi connectivity index (χ0v) is 33.8. The summed E-state index contributed by atoms with van der Waals surface area (Å²) in [5.74, 6) is 0.141. The van der Waals surface area contributed by atoms with Crippen LogP contribution < -0.4 is 0 Å². The standard InChI is InChI=1S/C43H85NO5/c1-7-13-19-29-39(27-9-3)41(45)48-37-25-17-15-21-31-43(47,33-23-24-36-44(34-11-5)35-12-6)32-22-16-18-26-38-49-42(46)40(28-10-4)30-20-14-8-2/h39-40,47H,7-38H2,1-6H3. The van der Waals surface area contributed by atoms with Gasteiger partial charge in [0.1, 0.15) is 0 Å². The van der Waals surface area contributed by atoms with Crippen molar-refractivity contribution in [3.05, 3.63) is 0 Å². The second kappa shape index (κ2) is 34.0. The number of carbonyl (C=O) groups excluding carboxylic acids is 2. The van der Waals surface area contributed by atoms with Gasteiger partial charge in [0.15, 0.2) is 0 Å². The van der Waals surface area contributed by atoms with Gasteiger partial charge in [0, 0.05) is 0 Å². The normalized spacial score (nSPS) is 14.1. The van der Waals surface area contributed by atoms with E-state index in [9.17, 15) is 14.7 Å². The fourth-order valence-electron chi connectivity index (χ4n) is 7.27. The van der Waals surface area contributed by atoms with E-state index >= 15 is 0 Å². The molecule has 0 spiro atoms. The molecular formula is C43H85NO5. The predicted molar refractivity (Wildman–Crippen MR) is 209 cm³/mol. The topological polar surface area (TPSA) is 76.1 Å². The fraction of sp³-hybridized carbons (Fsp3) is 0.953. The molecule has 0 saturated carbocycles. The summed E-state index contributed by atoms with van der Waals surface area (Å²) in [6.07, 6.45) is 28.0. The van der Waals surface area contributed by atoms with Crippen LogP contribution in [0.25, 0.3) is 0 Å². The third kappa shape index (κ3) is 27.2. The van der Waals surface area contributed by atoms with Crippen molar-refractivity contribution in [3.63, 3.8) is 0 Å². The van der Waals surface area contributed by atoms with Crippen LogP contribution >= 0.6 is 0 Å². The molecule has 0 heterocycles. The van der Waals surface area contributed by atoms with Gasteiger partial charge in [-0.2, -0.15) is 0 Å². The lowest BCUT2D eigenvalue weighted by atomic mass is 9.85. The van der Waals surface area contributed by atoms with Crippen molar-refractivity contribution in [2.75, 3.05) is 32.8 Å². The van der Waals surface area contributed by atoms with E-state index in [2.05, 4.69) is 46.4 Å². The Morgan fingerprint density at radius 1 is 0.469 bits per heavy atom. The minimum absolute atomic E-state index is 0.00465. The molecule has 0 aromatic rings. The molecule has 0 aromatic carbocycles. The molecule has 0 radical (unpaired) electrons. The van der Waals surface area contributed by atoms with Gasteiger partial charge in [0.2, 0.25) is 0 Å². The molecule has 0 aliphatic carbocycles. The molecule has 0 fully saturated rings. The molecule has 2 atom stereocenters. The fourth-order valence-corrected chi connectivity index (χ4v) is 7.27. The quantitative estimate of drug-likeness (QED) is 0.0515. The Balaban J connectivity index is 4.65. The maximum absolute atomic E-state index is 12.6. The van der Waals surface area contributed by atoms with Crippen LogP contribution in [0, 0.1) is 11.8 Å².